The van der Waals surface area contributed by atoms with Crippen molar-refractivity contribution in [2.75, 3.05) is 31.7 Å². The molecule has 0 aromatic heterocycles. The SMILES string of the molecule is COCC1CCCN(c2ccc(C(N)=S)c(Cl)c2)C1. The monoisotopic (exact) mass is 298 g/mol. The largest absolute Gasteiger partial charge is 0.389 e. The maximum atomic E-state index is 6.22. The molecule has 1 aromatic rings. The van der Waals surface area contributed by atoms with Crippen molar-refractivity contribution in [3.63, 3.8) is 0 Å². The first-order valence-corrected chi connectivity index (χ1v) is 7.23. The second kappa shape index (κ2) is 6.55. The van der Waals surface area contributed by atoms with Crippen LogP contribution in [0.15, 0.2) is 18.2 Å². The summed E-state index contributed by atoms with van der Waals surface area (Å²) in [5.41, 5.74) is 7.49. The first kappa shape index (κ1) is 14.6. The Morgan fingerprint density at radius 2 is 2.37 bits per heavy atom. The topological polar surface area (TPSA) is 38.5 Å². The molecule has 0 bridgehead atoms. The van der Waals surface area contributed by atoms with Gasteiger partial charge in [0.05, 0.1) is 11.6 Å². The second-order valence-corrected chi connectivity index (χ2v) is 5.79. The van der Waals surface area contributed by atoms with Crippen molar-refractivity contribution < 1.29 is 4.74 Å². The van der Waals surface area contributed by atoms with E-state index in [9.17, 15) is 0 Å². The molecule has 0 amide bonds. The maximum absolute atomic E-state index is 6.22. The van der Waals surface area contributed by atoms with Crippen molar-refractivity contribution in [3.05, 3.63) is 28.8 Å². The van der Waals surface area contributed by atoms with E-state index in [1.165, 1.54) is 12.8 Å². The number of nitrogens with zero attached hydrogens (tertiary/aromatic N) is 1. The fraction of sp³-hybridized carbons (Fsp3) is 0.500. The van der Waals surface area contributed by atoms with Crippen molar-refractivity contribution in [1.29, 1.82) is 0 Å². The summed E-state index contributed by atoms with van der Waals surface area (Å²) < 4.78 is 5.25. The highest BCUT2D eigenvalue weighted by Crippen LogP contribution is 2.27. The number of benzene rings is 1. The van der Waals surface area contributed by atoms with Gasteiger partial charge in [-0.2, -0.15) is 0 Å². The van der Waals surface area contributed by atoms with E-state index in [0.29, 0.717) is 15.9 Å². The lowest BCUT2D eigenvalue weighted by Gasteiger charge is -2.34. The van der Waals surface area contributed by atoms with E-state index in [-0.39, 0.29) is 0 Å². The number of piperidine rings is 1. The van der Waals surface area contributed by atoms with Gasteiger partial charge in [-0.05, 0) is 37.0 Å². The first-order chi connectivity index (χ1) is 9.11. The highest BCUT2D eigenvalue weighted by atomic mass is 35.5. The average Bonchev–Trinajstić information content (AvgIpc) is 2.39. The Hall–Kier alpha value is -0.840. The number of nitrogens with two attached hydrogens (primary N) is 1. The summed E-state index contributed by atoms with van der Waals surface area (Å²) in [6, 6.07) is 5.89. The zero-order valence-electron chi connectivity index (χ0n) is 11.1. The Balaban J connectivity index is 2.13. The molecule has 1 saturated heterocycles. The molecule has 104 valence electrons. The number of methoxy groups -OCH3 is 1. The molecule has 2 rings (SSSR count). The summed E-state index contributed by atoms with van der Waals surface area (Å²) in [7, 11) is 1.76. The number of hydrogen-bond acceptors (Lipinski definition) is 3. The minimum absolute atomic E-state index is 0.340. The van der Waals surface area contributed by atoms with Crippen LogP contribution >= 0.6 is 23.8 Å². The molecular formula is C14H19ClN2OS. The molecule has 0 saturated carbocycles. The predicted molar refractivity (Wildman–Crippen MR) is 84.2 cm³/mol. The van der Waals surface area contributed by atoms with Crippen LogP contribution in [0.4, 0.5) is 5.69 Å². The zero-order valence-corrected chi connectivity index (χ0v) is 12.6. The van der Waals surface area contributed by atoms with Gasteiger partial charge in [-0.15, -0.1) is 0 Å². The quantitative estimate of drug-likeness (QED) is 0.868. The third-order valence-electron chi connectivity index (χ3n) is 3.50. The number of thiocarbonyl (C=S) groups is 1. The third-order valence-corrected chi connectivity index (χ3v) is 4.04. The minimum atomic E-state index is 0.340. The van der Waals surface area contributed by atoms with E-state index in [1.54, 1.807) is 7.11 Å². The molecule has 1 atom stereocenters. The van der Waals surface area contributed by atoms with Gasteiger partial charge in [0.2, 0.25) is 0 Å². The molecule has 1 heterocycles. The van der Waals surface area contributed by atoms with Crippen molar-refractivity contribution in [2.24, 2.45) is 11.7 Å². The van der Waals surface area contributed by atoms with Crippen LogP contribution in [-0.4, -0.2) is 31.8 Å². The van der Waals surface area contributed by atoms with Crippen LogP contribution in [0.1, 0.15) is 18.4 Å². The summed E-state index contributed by atoms with van der Waals surface area (Å²) in [4.78, 5) is 2.69. The van der Waals surface area contributed by atoms with Gasteiger partial charge in [0.15, 0.2) is 0 Å². The van der Waals surface area contributed by atoms with Crippen LogP contribution < -0.4 is 10.6 Å². The van der Waals surface area contributed by atoms with E-state index in [2.05, 4.69) is 4.90 Å². The van der Waals surface area contributed by atoms with E-state index < -0.39 is 0 Å². The molecule has 19 heavy (non-hydrogen) atoms. The molecule has 0 spiro atoms. The van der Waals surface area contributed by atoms with Gasteiger partial charge in [0, 0.05) is 31.5 Å². The Morgan fingerprint density at radius 1 is 1.58 bits per heavy atom. The molecule has 2 N–H and O–H groups in total. The fourth-order valence-electron chi connectivity index (χ4n) is 2.57. The number of rotatable bonds is 4. The molecular weight excluding hydrogens is 280 g/mol. The Labute approximate surface area is 124 Å². The summed E-state index contributed by atoms with van der Waals surface area (Å²) in [5, 5.41) is 0.624. The smallest absolute Gasteiger partial charge is 0.105 e. The molecule has 1 aromatic carbocycles. The molecule has 0 aliphatic carbocycles. The Kier molecular flexibility index (Phi) is 5.02. The van der Waals surface area contributed by atoms with E-state index in [1.807, 2.05) is 18.2 Å². The molecule has 1 aliphatic rings. The number of anilines is 1. The molecule has 0 radical (unpaired) electrons. The summed E-state index contributed by atoms with van der Waals surface area (Å²) in [6.45, 7) is 2.88. The predicted octanol–water partition coefficient (Wildman–Crippen LogP) is 2.84. The van der Waals surface area contributed by atoms with Crippen LogP contribution in [0.5, 0.6) is 0 Å². The van der Waals surface area contributed by atoms with E-state index in [0.717, 1.165) is 30.9 Å². The van der Waals surface area contributed by atoms with Gasteiger partial charge < -0.3 is 15.4 Å². The second-order valence-electron chi connectivity index (χ2n) is 4.94. The zero-order chi connectivity index (χ0) is 13.8. The van der Waals surface area contributed by atoms with Gasteiger partial charge >= 0.3 is 0 Å². The standard InChI is InChI=1S/C14H19ClN2OS/c1-18-9-10-3-2-6-17(8-10)11-4-5-12(14(16)19)13(15)7-11/h4-5,7,10H,2-3,6,8-9H2,1H3,(H2,16,19). The third kappa shape index (κ3) is 3.59. The number of ether oxygens (including phenoxy) is 1. The fourth-order valence-corrected chi connectivity index (χ4v) is 3.08. The summed E-state index contributed by atoms with van der Waals surface area (Å²) in [5.74, 6) is 0.591. The van der Waals surface area contributed by atoms with Crippen LogP contribution in [0, 0.1) is 5.92 Å². The highest BCUT2D eigenvalue weighted by molar-refractivity contribution is 7.80. The molecule has 3 nitrogen and oxygen atoms in total. The van der Waals surface area contributed by atoms with Gasteiger partial charge in [-0.25, -0.2) is 0 Å². The molecule has 1 unspecified atom stereocenters. The van der Waals surface area contributed by atoms with Crippen LogP contribution in [-0.2, 0) is 4.74 Å². The van der Waals surface area contributed by atoms with Crippen molar-refractivity contribution >= 4 is 34.5 Å². The maximum Gasteiger partial charge on any atom is 0.105 e. The average molecular weight is 299 g/mol. The lowest BCUT2D eigenvalue weighted by molar-refractivity contribution is 0.143. The molecule has 5 heteroatoms. The van der Waals surface area contributed by atoms with Gasteiger partial charge in [0.1, 0.15) is 4.99 Å². The van der Waals surface area contributed by atoms with Gasteiger partial charge in [0.25, 0.3) is 0 Å². The number of halogens is 1. The first-order valence-electron chi connectivity index (χ1n) is 6.45. The summed E-state index contributed by atoms with van der Waals surface area (Å²) in [6.07, 6.45) is 2.41. The molecule has 1 aliphatic heterocycles. The van der Waals surface area contributed by atoms with Crippen LogP contribution in [0.25, 0.3) is 0 Å². The Bertz CT molecular complexity index is 465. The Morgan fingerprint density at radius 3 is 3.00 bits per heavy atom. The van der Waals surface area contributed by atoms with Crippen molar-refractivity contribution in [2.45, 2.75) is 12.8 Å². The minimum Gasteiger partial charge on any atom is -0.389 e. The lowest BCUT2D eigenvalue weighted by Crippen LogP contribution is -2.37. The van der Waals surface area contributed by atoms with Crippen LogP contribution in [0.2, 0.25) is 5.02 Å². The van der Waals surface area contributed by atoms with E-state index in [4.69, 9.17) is 34.3 Å². The number of hydrogen-bond donors (Lipinski definition) is 1. The van der Waals surface area contributed by atoms with Crippen LogP contribution in [0.3, 0.4) is 0 Å². The van der Waals surface area contributed by atoms with Crippen molar-refractivity contribution in [3.8, 4) is 0 Å². The highest BCUT2D eigenvalue weighted by Gasteiger charge is 2.20. The normalized spacial score (nSPS) is 19.5. The molecule has 1 fully saturated rings. The summed E-state index contributed by atoms with van der Waals surface area (Å²) >= 11 is 11.2. The van der Waals surface area contributed by atoms with Gasteiger partial charge in [-0.3, -0.25) is 0 Å². The van der Waals surface area contributed by atoms with E-state index >= 15 is 0 Å². The van der Waals surface area contributed by atoms with Gasteiger partial charge in [-0.1, -0.05) is 23.8 Å². The van der Waals surface area contributed by atoms with Crippen molar-refractivity contribution in [1.82, 2.24) is 0 Å². The lowest BCUT2D eigenvalue weighted by atomic mass is 9.98.